The van der Waals surface area contributed by atoms with Crippen LogP contribution in [0.15, 0.2) is 22.7 Å². The highest BCUT2D eigenvalue weighted by Crippen LogP contribution is 2.32. The lowest BCUT2D eigenvalue weighted by atomic mass is 10.2. The predicted octanol–water partition coefficient (Wildman–Crippen LogP) is 0.542. The van der Waals surface area contributed by atoms with Gasteiger partial charge in [-0.25, -0.2) is 4.79 Å². The molecule has 1 aromatic carbocycles. The Labute approximate surface area is 149 Å². The molecule has 0 fully saturated rings. The highest BCUT2D eigenvalue weighted by molar-refractivity contribution is 5.89. The summed E-state index contributed by atoms with van der Waals surface area (Å²) in [6, 6.07) is 5.21. The van der Waals surface area contributed by atoms with Crippen LogP contribution in [0.3, 0.4) is 0 Å². The van der Waals surface area contributed by atoms with Crippen molar-refractivity contribution in [3.8, 4) is 11.5 Å². The molecule has 1 aromatic heterocycles. The fraction of sp³-hybridized carbons (Fsp3) is 0.375. The molecular weight excluding hydrogens is 342 g/mol. The molecule has 1 aliphatic heterocycles. The van der Waals surface area contributed by atoms with E-state index in [0.29, 0.717) is 30.3 Å². The first-order valence-electron chi connectivity index (χ1n) is 7.99. The summed E-state index contributed by atoms with van der Waals surface area (Å²) in [5.41, 5.74) is 0.856. The molecule has 3 amide bonds. The molecule has 3 rings (SSSR count). The summed E-state index contributed by atoms with van der Waals surface area (Å²) >= 11 is 0. The monoisotopic (exact) mass is 361 g/mol. The maximum absolute atomic E-state index is 12.1. The Bertz CT molecular complexity index is 806. The molecule has 0 atom stereocenters. The number of aromatic nitrogens is 2. The van der Waals surface area contributed by atoms with E-state index in [1.54, 1.807) is 26.2 Å². The van der Waals surface area contributed by atoms with Gasteiger partial charge in [0.05, 0.1) is 0 Å². The van der Waals surface area contributed by atoms with Gasteiger partial charge in [0, 0.05) is 33.6 Å². The van der Waals surface area contributed by atoms with Crippen molar-refractivity contribution in [2.75, 3.05) is 27.4 Å². The molecule has 2 N–H and O–H groups in total. The Balaban J connectivity index is 1.51. The molecule has 0 bridgehead atoms. The number of likely N-dealkylation sites (N-methyl/N-ethyl adjacent to an activating group) is 1. The van der Waals surface area contributed by atoms with Gasteiger partial charge in [-0.1, -0.05) is 11.2 Å². The van der Waals surface area contributed by atoms with Gasteiger partial charge in [-0.15, -0.1) is 0 Å². The van der Waals surface area contributed by atoms with Gasteiger partial charge in [0.2, 0.25) is 6.79 Å². The van der Waals surface area contributed by atoms with Crippen LogP contribution in [0, 0.1) is 0 Å². The topological polar surface area (TPSA) is 119 Å². The number of nitrogens with zero attached hydrogens (tertiary/aromatic N) is 3. The van der Waals surface area contributed by atoms with E-state index in [-0.39, 0.29) is 25.3 Å². The summed E-state index contributed by atoms with van der Waals surface area (Å²) in [4.78, 5) is 29.1. The van der Waals surface area contributed by atoms with Crippen LogP contribution in [0.4, 0.5) is 4.79 Å². The number of rotatable bonds is 6. The number of ether oxygens (including phenoxy) is 2. The second kappa shape index (κ2) is 7.72. The summed E-state index contributed by atoms with van der Waals surface area (Å²) in [7, 11) is 3.20. The number of hydrogen-bond acceptors (Lipinski definition) is 7. The molecule has 1 aliphatic rings. The van der Waals surface area contributed by atoms with Crippen molar-refractivity contribution < 1.29 is 23.6 Å². The zero-order chi connectivity index (χ0) is 18.5. The Morgan fingerprint density at radius 3 is 2.88 bits per heavy atom. The highest BCUT2D eigenvalue weighted by atomic mass is 16.7. The molecule has 0 spiro atoms. The first-order valence-corrected chi connectivity index (χ1v) is 7.99. The van der Waals surface area contributed by atoms with Crippen molar-refractivity contribution in [2.45, 2.75) is 13.0 Å². The van der Waals surface area contributed by atoms with Crippen molar-refractivity contribution in [3.05, 3.63) is 35.5 Å². The van der Waals surface area contributed by atoms with Gasteiger partial charge in [-0.05, 0) is 17.7 Å². The van der Waals surface area contributed by atoms with E-state index >= 15 is 0 Å². The van der Waals surface area contributed by atoms with Gasteiger partial charge in [-0.2, -0.15) is 4.98 Å². The number of amides is 3. The van der Waals surface area contributed by atoms with E-state index in [9.17, 15) is 9.59 Å². The Morgan fingerprint density at radius 2 is 2.08 bits per heavy atom. The van der Waals surface area contributed by atoms with Crippen LogP contribution in [0.5, 0.6) is 11.5 Å². The number of nitrogens with one attached hydrogen (secondary N) is 2. The molecule has 10 nitrogen and oxygen atoms in total. The summed E-state index contributed by atoms with van der Waals surface area (Å²) in [5.74, 6) is 1.10. The van der Waals surface area contributed by atoms with E-state index in [0.717, 1.165) is 5.56 Å². The van der Waals surface area contributed by atoms with Gasteiger partial charge in [-0.3, -0.25) is 4.79 Å². The summed E-state index contributed by atoms with van der Waals surface area (Å²) < 4.78 is 15.5. The number of carbonyl (C=O) groups excluding carboxylic acids is 2. The van der Waals surface area contributed by atoms with Crippen LogP contribution in [0.25, 0.3) is 0 Å². The minimum Gasteiger partial charge on any atom is -0.454 e. The van der Waals surface area contributed by atoms with E-state index in [2.05, 4.69) is 20.8 Å². The van der Waals surface area contributed by atoms with Crippen LogP contribution < -0.4 is 20.1 Å². The number of benzene rings is 1. The van der Waals surface area contributed by atoms with Crippen molar-refractivity contribution in [3.63, 3.8) is 0 Å². The molecule has 0 radical (unpaired) electrons. The van der Waals surface area contributed by atoms with Crippen molar-refractivity contribution in [1.82, 2.24) is 25.7 Å². The first-order chi connectivity index (χ1) is 12.6. The quantitative estimate of drug-likeness (QED) is 0.771. The second-order valence-electron chi connectivity index (χ2n) is 5.61. The fourth-order valence-electron chi connectivity index (χ4n) is 2.32. The average molecular weight is 361 g/mol. The van der Waals surface area contributed by atoms with Crippen LogP contribution in [0.2, 0.25) is 0 Å². The number of urea groups is 1. The third-order valence-electron chi connectivity index (χ3n) is 3.78. The first kappa shape index (κ1) is 17.5. The van der Waals surface area contributed by atoms with Gasteiger partial charge in [0.1, 0.15) is 0 Å². The van der Waals surface area contributed by atoms with E-state index < -0.39 is 5.91 Å². The Morgan fingerprint density at radius 1 is 1.27 bits per heavy atom. The Hall–Kier alpha value is -3.30. The average Bonchev–Trinajstić information content (AvgIpc) is 3.32. The summed E-state index contributed by atoms with van der Waals surface area (Å²) in [5, 5.41) is 8.97. The smallest absolute Gasteiger partial charge is 0.316 e. The second-order valence-corrected chi connectivity index (χ2v) is 5.61. The third kappa shape index (κ3) is 4.02. The molecule has 0 unspecified atom stereocenters. The molecule has 26 heavy (non-hydrogen) atoms. The highest BCUT2D eigenvalue weighted by Gasteiger charge is 2.17. The lowest BCUT2D eigenvalue weighted by Crippen LogP contribution is -2.36. The largest absolute Gasteiger partial charge is 0.454 e. The summed E-state index contributed by atoms with van der Waals surface area (Å²) in [6.07, 6.45) is 0.378. The van der Waals surface area contributed by atoms with E-state index in [1.165, 1.54) is 4.90 Å². The molecule has 0 aliphatic carbocycles. The van der Waals surface area contributed by atoms with Gasteiger partial charge in [0.25, 0.3) is 0 Å². The molecule has 0 saturated carbocycles. The molecule has 138 valence electrons. The van der Waals surface area contributed by atoms with Crippen molar-refractivity contribution in [1.29, 1.82) is 0 Å². The SMILES string of the molecule is CNC(=O)N(C)CCc1noc(C(=O)NCc2ccc3c(c2)OCO3)n1. The minimum atomic E-state index is -0.471. The lowest BCUT2D eigenvalue weighted by Gasteiger charge is -2.14. The van der Waals surface area contributed by atoms with Gasteiger partial charge >= 0.3 is 17.8 Å². The predicted molar refractivity (Wildman–Crippen MR) is 88.8 cm³/mol. The maximum Gasteiger partial charge on any atom is 0.316 e. The van der Waals surface area contributed by atoms with Crippen LogP contribution in [-0.4, -0.2) is 54.4 Å². The maximum atomic E-state index is 12.1. The van der Waals surface area contributed by atoms with E-state index in [4.69, 9.17) is 14.0 Å². The van der Waals surface area contributed by atoms with Gasteiger partial charge < -0.3 is 29.5 Å². The minimum absolute atomic E-state index is 0.122. The molecule has 10 heteroatoms. The van der Waals surface area contributed by atoms with Crippen molar-refractivity contribution >= 4 is 11.9 Å². The standard InChI is InChI=1S/C16H19N5O5/c1-17-16(23)21(2)6-5-13-19-15(26-20-13)14(22)18-8-10-3-4-11-12(7-10)25-9-24-11/h3-4,7H,5-6,8-9H2,1-2H3,(H,17,23)(H,18,22). The zero-order valence-electron chi connectivity index (χ0n) is 14.4. The molecule has 2 aromatic rings. The zero-order valence-corrected chi connectivity index (χ0v) is 14.4. The summed E-state index contributed by atoms with van der Waals surface area (Å²) in [6.45, 7) is 0.884. The third-order valence-corrected chi connectivity index (χ3v) is 3.78. The number of carbonyl (C=O) groups is 2. The normalized spacial score (nSPS) is 11.9. The number of fused-ring (bicyclic) bond motifs is 1. The molecular formula is C16H19N5O5. The van der Waals surface area contributed by atoms with Crippen LogP contribution in [0.1, 0.15) is 22.1 Å². The molecule has 0 saturated heterocycles. The lowest BCUT2D eigenvalue weighted by molar-refractivity contribution is 0.0907. The van der Waals surface area contributed by atoms with E-state index in [1.807, 2.05) is 6.07 Å². The number of hydrogen-bond donors (Lipinski definition) is 2. The van der Waals surface area contributed by atoms with Crippen molar-refractivity contribution in [2.24, 2.45) is 0 Å². The fourth-order valence-corrected chi connectivity index (χ4v) is 2.32. The Kier molecular flexibility index (Phi) is 5.20. The van der Waals surface area contributed by atoms with Crippen LogP contribution >= 0.6 is 0 Å². The molecule has 2 heterocycles. The van der Waals surface area contributed by atoms with Gasteiger partial charge in [0.15, 0.2) is 17.3 Å². The van der Waals surface area contributed by atoms with Crippen LogP contribution in [-0.2, 0) is 13.0 Å².